The van der Waals surface area contributed by atoms with Crippen molar-refractivity contribution in [3.05, 3.63) is 70.8 Å². The molecule has 2 aromatic rings. The van der Waals surface area contributed by atoms with Gasteiger partial charge in [0.15, 0.2) is 0 Å². The van der Waals surface area contributed by atoms with E-state index in [0.717, 1.165) is 48.4 Å². The Labute approximate surface area is 455 Å². The van der Waals surface area contributed by atoms with Crippen molar-refractivity contribution >= 4 is 69.0 Å². The van der Waals surface area contributed by atoms with Crippen molar-refractivity contribution < 1.29 is 47.0 Å². The van der Waals surface area contributed by atoms with E-state index in [1.54, 1.807) is 16.7 Å². The van der Waals surface area contributed by atoms with Gasteiger partial charge in [0.05, 0.1) is 31.0 Å². The highest BCUT2D eigenvalue weighted by atomic mass is 32.2. The van der Waals surface area contributed by atoms with Gasteiger partial charge in [0.25, 0.3) is 0 Å². The van der Waals surface area contributed by atoms with Crippen molar-refractivity contribution in [3.63, 3.8) is 0 Å². The summed E-state index contributed by atoms with van der Waals surface area (Å²) in [5, 5.41) is 33.0. The first-order valence-corrected chi connectivity index (χ1v) is 30.5. The number of nitrogens with one attached hydrogen (secondary N) is 7. The quantitative estimate of drug-likeness (QED) is 0.100. The molecule has 2 aromatic carbocycles. The fraction of sp³-hybridized carbons (Fsp3) is 0.654. The Morgan fingerprint density at radius 1 is 0.855 bits per heavy atom. The van der Waals surface area contributed by atoms with Crippen LogP contribution < -0.4 is 37.2 Å². The molecule has 21 nitrogen and oxygen atoms in total. The number of β-amino-alcohol motifs (C(OH)–C–C–N with tert-alkyl or cyclic N) is 1. The number of aliphatic hydroxyl groups is 1. The molecule has 418 valence electrons. The topological polar surface area (TPSA) is 263 Å². The lowest BCUT2D eigenvalue weighted by molar-refractivity contribution is -0.145. The van der Waals surface area contributed by atoms with Crippen LogP contribution >= 0.6 is 23.5 Å². The minimum Gasteiger partial charge on any atom is -0.391 e. The molecule has 0 aromatic heterocycles. The lowest BCUT2D eigenvalue weighted by Crippen LogP contribution is -2.58. The summed E-state index contributed by atoms with van der Waals surface area (Å²) in [5.74, 6) is -0.808. The Balaban J connectivity index is 0.735. The van der Waals surface area contributed by atoms with E-state index in [2.05, 4.69) is 85.4 Å². The van der Waals surface area contributed by atoms with Crippen LogP contribution in [0, 0.1) is 11.3 Å². The number of amides is 6. The number of thioether (sulfide) groups is 2. The molecule has 8 N–H and O–H groups in total. The van der Waals surface area contributed by atoms with Crippen LogP contribution in [0.15, 0.2) is 48.5 Å². The van der Waals surface area contributed by atoms with Gasteiger partial charge in [0, 0.05) is 87.7 Å². The van der Waals surface area contributed by atoms with E-state index in [-0.39, 0.29) is 80.5 Å². The van der Waals surface area contributed by atoms with E-state index in [1.807, 2.05) is 44.7 Å². The number of sulfonamides is 1. The monoisotopic (exact) mass is 1110 g/mol. The summed E-state index contributed by atoms with van der Waals surface area (Å²) in [5.41, 5.74) is 3.44. The molecule has 0 radical (unpaired) electrons. The zero-order valence-electron chi connectivity index (χ0n) is 44.3. The molecular weight excluding hydrogens is 1030 g/mol. The molecule has 0 saturated carbocycles. The summed E-state index contributed by atoms with van der Waals surface area (Å²) < 4.78 is 30.6. The predicted molar refractivity (Wildman–Crippen MR) is 291 cm³/mol. The molecule has 0 bridgehead atoms. The van der Waals surface area contributed by atoms with Crippen LogP contribution in [0.2, 0.25) is 0 Å². The van der Waals surface area contributed by atoms with E-state index in [1.165, 1.54) is 20.3 Å². The Hall–Kier alpha value is -4.37. The standard InChI is InChI=1S/C52H77N11O10S3/c1-32-46(75-31-56-32)34-11-9-33(10-12-34)24-54-49(69)41-23-39(64)27-63(41)50(70)47(52(2,3)4)58-44(66)28-73-29-45(67)61-19-17-60(18-20-61)42-22-36(13-15-53-42)35-7-6-8-37(21-35)40-30-74-51(57-40)59-43(65)25-55-48(68)38-14-16-62(26-38)76(5,71)72/h6-12,21,32,36,38-42,46-47,51,53,56-57,64H,13-20,22-31H2,1-5H3,(H,54,69)(H,55,68)(H,58,66)(H,59,65)/t32?,36?,38?,39-,40?,41+,42?,46?,47-,51?/m1/s1. The summed E-state index contributed by atoms with van der Waals surface area (Å²) in [6, 6.07) is 15.2. The average molecular weight is 1110 g/mol. The SMILES string of the molecule is CC1NCSC1c1ccc(CNC(=O)[C@@H]2C[C@@H](O)CN2C(=O)[C@@H](NC(=O)COCC(=O)N2CCN(C3CC(c4cccc(C5CSC(NC(=O)CNC(=O)C6CCN(S(C)(=O)=O)C6)N5)c4)CCN3)CC2)C(C)(C)C)cc1. The lowest BCUT2D eigenvalue weighted by Gasteiger charge is -2.43. The van der Waals surface area contributed by atoms with Crippen LogP contribution in [0.1, 0.15) is 92.8 Å². The van der Waals surface area contributed by atoms with Gasteiger partial charge >= 0.3 is 0 Å². The minimum atomic E-state index is -3.37. The second-order valence-electron chi connectivity index (χ2n) is 22.0. The number of aliphatic hydroxyl groups excluding tert-OH is 1. The Kier molecular flexibility index (Phi) is 19.5. The van der Waals surface area contributed by atoms with Gasteiger partial charge in [-0.05, 0) is 66.3 Å². The first-order chi connectivity index (χ1) is 36.2. The molecule has 10 atom stereocenters. The Morgan fingerprint density at radius 2 is 1.61 bits per heavy atom. The molecule has 6 heterocycles. The number of likely N-dealkylation sites (tertiary alicyclic amines) is 1. The van der Waals surface area contributed by atoms with Gasteiger partial charge < -0.3 is 51.5 Å². The molecule has 8 rings (SSSR count). The summed E-state index contributed by atoms with van der Waals surface area (Å²) in [4.78, 5) is 85.1. The van der Waals surface area contributed by atoms with Gasteiger partial charge in [-0.1, -0.05) is 69.3 Å². The third-order valence-electron chi connectivity index (χ3n) is 15.4. The lowest BCUT2D eigenvalue weighted by atomic mass is 9.85. The van der Waals surface area contributed by atoms with Gasteiger partial charge in [-0.2, -0.15) is 0 Å². The highest BCUT2D eigenvalue weighted by molar-refractivity contribution is 8.00. The molecule has 6 saturated heterocycles. The first kappa shape index (κ1) is 57.8. The van der Waals surface area contributed by atoms with Crippen LogP contribution in [0.25, 0.3) is 0 Å². The second-order valence-corrected chi connectivity index (χ2v) is 26.3. The number of carbonyl (C=O) groups is 6. The highest BCUT2D eigenvalue weighted by Gasteiger charge is 2.45. The normalized spacial score (nSPS) is 28.0. The van der Waals surface area contributed by atoms with Gasteiger partial charge in [-0.3, -0.25) is 39.0 Å². The zero-order chi connectivity index (χ0) is 54.3. The Morgan fingerprint density at radius 3 is 2.30 bits per heavy atom. The smallest absolute Gasteiger partial charge is 0.248 e. The number of carbonyl (C=O) groups excluding carboxylic acids is 6. The fourth-order valence-corrected chi connectivity index (χ4v) is 14.3. The molecule has 7 unspecified atom stereocenters. The molecular formula is C52H77N11O10S3. The molecule has 24 heteroatoms. The molecule has 76 heavy (non-hydrogen) atoms. The van der Waals surface area contributed by atoms with Gasteiger partial charge in [-0.25, -0.2) is 12.7 Å². The summed E-state index contributed by atoms with van der Waals surface area (Å²) in [7, 11) is -3.37. The van der Waals surface area contributed by atoms with Crippen molar-refractivity contribution in [2.75, 3.05) is 90.0 Å². The summed E-state index contributed by atoms with van der Waals surface area (Å²) in [6.07, 6.45) is 2.74. The van der Waals surface area contributed by atoms with Gasteiger partial charge in [-0.15, -0.1) is 23.5 Å². The van der Waals surface area contributed by atoms with E-state index < -0.39 is 58.0 Å². The molecule has 6 aliphatic heterocycles. The highest BCUT2D eigenvalue weighted by Crippen LogP contribution is 2.37. The number of benzene rings is 2. The van der Waals surface area contributed by atoms with Gasteiger partial charge in [0.2, 0.25) is 45.5 Å². The molecule has 0 spiro atoms. The maximum Gasteiger partial charge on any atom is 0.248 e. The summed E-state index contributed by atoms with van der Waals surface area (Å²) >= 11 is 3.45. The largest absolute Gasteiger partial charge is 0.391 e. The van der Waals surface area contributed by atoms with Crippen LogP contribution in [0.5, 0.6) is 0 Å². The number of piperazine rings is 1. The third-order valence-corrected chi connectivity index (χ3v) is 19.2. The van der Waals surface area contributed by atoms with Crippen molar-refractivity contribution in [1.29, 1.82) is 0 Å². The number of nitrogens with zero attached hydrogens (tertiary/aromatic N) is 4. The van der Waals surface area contributed by atoms with Crippen LogP contribution in [0.4, 0.5) is 0 Å². The van der Waals surface area contributed by atoms with Crippen LogP contribution in [-0.4, -0.2) is 194 Å². The number of piperidine rings is 1. The van der Waals surface area contributed by atoms with Gasteiger partial charge in [0.1, 0.15) is 30.8 Å². The van der Waals surface area contributed by atoms with Crippen molar-refractivity contribution in [2.45, 2.75) is 113 Å². The van der Waals surface area contributed by atoms with Crippen molar-refractivity contribution in [3.8, 4) is 0 Å². The maximum atomic E-state index is 14.1. The van der Waals surface area contributed by atoms with Crippen molar-refractivity contribution in [2.24, 2.45) is 11.3 Å². The predicted octanol–water partition coefficient (Wildman–Crippen LogP) is 0.348. The first-order valence-electron chi connectivity index (χ1n) is 26.5. The summed E-state index contributed by atoms with van der Waals surface area (Å²) in [6.45, 7) is 10.5. The molecule has 6 amide bonds. The second kappa shape index (κ2) is 25.6. The Bertz CT molecular complexity index is 2510. The third kappa shape index (κ3) is 15.0. The average Bonchev–Trinajstić information content (AvgIpc) is 4.25. The van der Waals surface area contributed by atoms with Crippen LogP contribution in [0.3, 0.4) is 0 Å². The number of ether oxygens (including phenoxy) is 1. The molecule has 6 aliphatic rings. The van der Waals surface area contributed by atoms with Crippen LogP contribution in [-0.2, 0) is 50.1 Å². The number of hydrogen-bond acceptors (Lipinski definition) is 16. The number of rotatable bonds is 18. The molecule has 6 fully saturated rings. The van der Waals surface area contributed by atoms with E-state index in [4.69, 9.17) is 4.74 Å². The number of hydrogen-bond donors (Lipinski definition) is 8. The maximum absolute atomic E-state index is 14.1. The van der Waals surface area contributed by atoms with E-state index in [0.29, 0.717) is 56.4 Å². The fourth-order valence-electron chi connectivity index (χ4n) is 11.0. The minimum absolute atomic E-state index is 0.0180. The zero-order valence-corrected chi connectivity index (χ0v) is 46.7. The van der Waals surface area contributed by atoms with E-state index >= 15 is 0 Å². The van der Waals surface area contributed by atoms with Crippen molar-refractivity contribution in [1.82, 2.24) is 56.2 Å². The molecule has 0 aliphatic carbocycles. The van der Waals surface area contributed by atoms with E-state index in [9.17, 15) is 42.3 Å².